The van der Waals surface area contributed by atoms with E-state index in [1.54, 1.807) is 18.5 Å². The molecule has 5 rings (SSSR count). The molecular weight excluding hydrogens is 422 g/mol. The second-order valence-corrected chi connectivity index (χ2v) is 7.90. The monoisotopic (exact) mass is 441 g/mol. The number of benzene rings is 2. The third-order valence-corrected chi connectivity index (χ3v) is 5.45. The van der Waals surface area contributed by atoms with Crippen LogP contribution in [-0.4, -0.2) is 24.8 Å². The highest BCUT2D eigenvalue weighted by atomic mass is 35.5. The summed E-state index contributed by atoms with van der Waals surface area (Å²) in [5, 5.41) is 3.61. The molecule has 7 heteroatoms. The predicted molar refractivity (Wildman–Crippen MR) is 125 cm³/mol. The molecule has 32 heavy (non-hydrogen) atoms. The lowest BCUT2D eigenvalue weighted by molar-refractivity contribution is 0.0948. The van der Waals surface area contributed by atoms with E-state index in [9.17, 15) is 4.79 Å². The lowest BCUT2D eigenvalue weighted by Crippen LogP contribution is -2.23. The Labute approximate surface area is 190 Å². The van der Waals surface area contributed by atoms with E-state index >= 15 is 0 Å². The van der Waals surface area contributed by atoms with Gasteiger partial charge in [-0.1, -0.05) is 60.1 Å². The van der Waals surface area contributed by atoms with Crippen molar-refractivity contribution in [2.45, 2.75) is 13.1 Å². The van der Waals surface area contributed by atoms with Crippen LogP contribution in [0.1, 0.15) is 21.6 Å². The van der Waals surface area contributed by atoms with Gasteiger partial charge in [0.2, 0.25) is 0 Å². The first-order valence-corrected chi connectivity index (χ1v) is 10.6. The largest absolute Gasteiger partial charge is 0.347 e. The van der Waals surface area contributed by atoms with Gasteiger partial charge in [0.15, 0.2) is 11.5 Å². The summed E-state index contributed by atoms with van der Waals surface area (Å²) in [7, 11) is 0. The number of fused-ring (bicyclic) bond motifs is 1. The summed E-state index contributed by atoms with van der Waals surface area (Å²) in [6, 6.07) is 23.3. The van der Waals surface area contributed by atoms with Crippen molar-refractivity contribution < 1.29 is 4.79 Å². The number of pyridine rings is 1. The number of nitrogens with zero attached hydrogens (tertiary/aromatic N) is 4. The summed E-state index contributed by atoms with van der Waals surface area (Å²) < 4.78 is 3.90. The zero-order valence-electron chi connectivity index (χ0n) is 17.1. The molecule has 0 aliphatic heterocycles. The van der Waals surface area contributed by atoms with Crippen molar-refractivity contribution in [3.05, 3.63) is 113 Å². The number of halogens is 1. The molecule has 0 saturated heterocycles. The zero-order valence-corrected chi connectivity index (χ0v) is 17.9. The van der Waals surface area contributed by atoms with Gasteiger partial charge < -0.3 is 9.88 Å². The second kappa shape index (κ2) is 8.69. The average Bonchev–Trinajstić information content (AvgIpc) is 3.44. The molecule has 3 aromatic heterocycles. The van der Waals surface area contributed by atoms with Gasteiger partial charge in [0.1, 0.15) is 5.69 Å². The third kappa shape index (κ3) is 4.13. The zero-order chi connectivity index (χ0) is 21.9. The molecule has 1 amide bonds. The number of imidazole rings is 2. The molecule has 0 aliphatic rings. The molecular formula is C25H20ClN5O. The summed E-state index contributed by atoms with van der Waals surface area (Å²) in [6.45, 7) is 1.11. The van der Waals surface area contributed by atoms with Crippen molar-refractivity contribution in [2.75, 3.05) is 0 Å². The molecule has 0 bridgehead atoms. The maximum absolute atomic E-state index is 13.0. The SMILES string of the molecule is O=C(NCc1ccc(Cl)cc1)c1nc(-c2cn(Cc3ccccc3)cn2)n2ccccc12. The van der Waals surface area contributed by atoms with E-state index in [0.717, 1.165) is 11.1 Å². The minimum atomic E-state index is -0.237. The van der Waals surface area contributed by atoms with Crippen LogP contribution >= 0.6 is 11.6 Å². The average molecular weight is 442 g/mol. The number of rotatable bonds is 6. The van der Waals surface area contributed by atoms with Gasteiger partial charge in [0.25, 0.3) is 5.91 Å². The lowest BCUT2D eigenvalue weighted by Gasteiger charge is -2.04. The Morgan fingerprint density at radius 2 is 1.72 bits per heavy atom. The van der Waals surface area contributed by atoms with Crippen molar-refractivity contribution in [1.29, 1.82) is 0 Å². The van der Waals surface area contributed by atoms with Crippen molar-refractivity contribution in [3.63, 3.8) is 0 Å². The summed E-state index contributed by atoms with van der Waals surface area (Å²) >= 11 is 5.94. The fourth-order valence-electron chi connectivity index (χ4n) is 3.61. The van der Waals surface area contributed by atoms with Crippen LogP contribution in [-0.2, 0) is 13.1 Å². The van der Waals surface area contributed by atoms with Crippen molar-refractivity contribution >= 4 is 23.0 Å². The number of hydrogen-bond donors (Lipinski definition) is 1. The number of aromatic nitrogens is 4. The molecule has 158 valence electrons. The summed E-state index contributed by atoms with van der Waals surface area (Å²) in [5.74, 6) is 0.391. The fraction of sp³-hybridized carbons (Fsp3) is 0.0800. The van der Waals surface area contributed by atoms with Gasteiger partial charge in [-0.15, -0.1) is 0 Å². The number of carbonyl (C=O) groups is 1. The van der Waals surface area contributed by atoms with Gasteiger partial charge in [0, 0.05) is 30.5 Å². The molecule has 3 heterocycles. The fourth-order valence-corrected chi connectivity index (χ4v) is 3.74. The molecule has 0 saturated carbocycles. The number of amides is 1. The van der Waals surface area contributed by atoms with Gasteiger partial charge in [0.05, 0.1) is 11.8 Å². The molecule has 5 aromatic rings. The summed E-state index contributed by atoms with van der Waals surface area (Å²) in [4.78, 5) is 22.2. The van der Waals surface area contributed by atoms with Crippen LogP contribution in [0.2, 0.25) is 5.02 Å². The summed E-state index contributed by atoms with van der Waals surface area (Å²) in [6.07, 6.45) is 5.63. The van der Waals surface area contributed by atoms with Crippen LogP contribution in [0.3, 0.4) is 0 Å². The number of carbonyl (C=O) groups excluding carboxylic acids is 1. The van der Waals surface area contributed by atoms with Crippen LogP contribution in [0, 0.1) is 0 Å². The van der Waals surface area contributed by atoms with Crippen LogP contribution in [0.25, 0.3) is 17.0 Å². The maximum atomic E-state index is 13.0. The van der Waals surface area contributed by atoms with E-state index in [0.29, 0.717) is 35.3 Å². The van der Waals surface area contributed by atoms with Crippen LogP contribution in [0.5, 0.6) is 0 Å². The normalized spacial score (nSPS) is 11.0. The number of nitrogens with one attached hydrogen (secondary N) is 1. The number of hydrogen-bond acceptors (Lipinski definition) is 3. The third-order valence-electron chi connectivity index (χ3n) is 5.20. The first-order valence-electron chi connectivity index (χ1n) is 10.2. The van der Waals surface area contributed by atoms with Crippen LogP contribution in [0.15, 0.2) is 91.5 Å². The predicted octanol–water partition coefficient (Wildman–Crippen LogP) is 4.83. The minimum Gasteiger partial charge on any atom is -0.347 e. The standard InChI is InChI=1S/C25H20ClN5O/c26-20-11-9-18(10-12-20)14-27-25(32)23-22-8-4-5-13-31(22)24(29-23)21-16-30(17-28-21)15-19-6-2-1-3-7-19/h1-13,16-17H,14-15H2,(H,27,32). The van der Waals surface area contributed by atoms with E-state index in [4.69, 9.17) is 11.6 Å². The maximum Gasteiger partial charge on any atom is 0.272 e. The molecule has 0 unspecified atom stereocenters. The topological polar surface area (TPSA) is 64.2 Å². The Morgan fingerprint density at radius 1 is 0.938 bits per heavy atom. The first kappa shape index (κ1) is 20.0. The second-order valence-electron chi connectivity index (χ2n) is 7.47. The first-order chi connectivity index (χ1) is 15.7. The molecule has 2 aromatic carbocycles. The lowest BCUT2D eigenvalue weighted by atomic mass is 10.2. The van der Waals surface area contributed by atoms with E-state index < -0.39 is 0 Å². The van der Waals surface area contributed by atoms with Crippen LogP contribution in [0.4, 0.5) is 0 Å². The molecule has 0 spiro atoms. The van der Waals surface area contributed by atoms with Gasteiger partial charge in [-0.3, -0.25) is 9.20 Å². The van der Waals surface area contributed by atoms with E-state index in [-0.39, 0.29) is 5.91 Å². The van der Waals surface area contributed by atoms with Gasteiger partial charge in [-0.25, -0.2) is 9.97 Å². The van der Waals surface area contributed by atoms with Crippen molar-refractivity contribution in [3.8, 4) is 11.5 Å². The Balaban J connectivity index is 1.41. The highest BCUT2D eigenvalue weighted by Crippen LogP contribution is 2.22. The van der Waals surface area contributed by atoms with Gasteiger partial charge in [-0.05, 0) is 35.4 Å². The molecule has 1 N–H and O–H groups in total. The van der Waals surface area contributed by atoms with E-state index in [1.165, 1.54) is 5.56 Å². The Kier molecular flexibility index (Phi) is 5.44. The molecule has 0 aliphatic carbocycles. The Morgan fingerprint density at radius 3 is 2.53 bits per heavy atom. The summed E-state index contributed by atoms with van der Waals surface area (Å²) in [5.41, 5.74) is 3.96. The van der Waals surface area contributed by atoms with Crippen molar-refractivity contribution in [1.82, 2.24) is 24.3 Å². The Hall–Kier alpha value is -3.90. The minimum absolute atomic E-state index is 0.237. The Bertz CT molecular complexity index is 1370. The van der Waals surface area contributed by atoms with Gasteiger partial charge in [-0.2, -0.15) is 0 Å². The van der Waals surface area contributed by atoms with Crippen molar-refractivity contribution in [2.24, 2.45) is 0 Å². The van der Waals surface area contributed by atoms with Crippen LogP contribution < -0.4 is 5.32 Å². The highest BCUT2D eigenvalue weighted by molar-refractivity contribution is 6.30. The van der Waals surface area contributed by atoms with E-state index in [2.05, 4.69) is 27.4 Å². The molecule has 6 nitrogen and oxygen atoms in total. The quantitative estimate of drug-likeness (QED) is 0.410. The molecule has 0 fully saturated rings. The van der Waals surface area contributed by atoms with Gasteiger partial charge >= 0.3 is 0 Å². The molecule has 0 atom stereocenters. The highest BCUT2D eigenvalue weighted by Gasteiger charge is 2.19. The molecule has 0 radical (unpaired) electrons. The van der Waals surface area contributed by atoms with E-state index in [1.807, 2.05) is 69.9 Å². The smallest absolute Gasteiger partial charge is 0.272 e.